The van der Waals surface area contributed by atoms with E-state index in [2.05, 4.69) is 0 Å². The first-order valence-corrected chi connectivity index (χ1v) is 9.99. The summed E-state index contributed by atoms with van der Waals surface area (Å²) in [7, 11) is 0. The molecule has 1 fully saturated rings. The molecule has 0 radical (unpaired) electrons. The summed E-state index contributed by atoms with van der Waals surface area (Å²) in [5, 5.41) is 44.7. The van der Waals surface area contributed by atoms with Crippen LogP contribution in [0.5, 0.6) is 23.0 Å². The molecule has 2 aromatic carbocycles. The summed E-state index contributed by atoms with van der Waals surface area (Å²) in [6, 6.07) is 4.80. The molecule has 0 bridgehead atoms. The number of carbonyl (C=O) groups is 2. The number of carbonyl (C=O) groups excluding carboxylic acids is 1. The van der Waals surface area contributed by atoms with Crippen LogP contribution < -0.4 is 5.73 Å². The van der Waals surface area contributed by atoms with Crippen molar-refractivity contribution in [2.24, 2.45) is 5.73 Å². The molecule has 3 atom stereocenters. The molecule has 9 nitrogen and oxygen atoms in total. The van der Waals surface area contributed by atoms with Gasteiger partial charge in [0, 0.05) is 10.8 Å². The van der Waals surface area contributed by atoms with E-state index in [0.717, 1.165) is 23.1 Å². The van der Waals surface area contributed by atoms with Crippen molar-refractivity contribution >= 4 is 29.2 Å². The number of β-lactam (4-membered cyclic amide) rings is 1. The number of thioether (sulfide) groups is 1. The number of carboxylic acids is 1. The van der Waals surface area contributed by atoms with E-state index in [-0.39, 0.29) is 16.8 Å². The standard InChI is InChI=1S/C14H13FN2O5S.C6H5FO2/c1-4-8(5-2-6(15)11(19)7(18)3-5)10(14(21)22)17-12(20)9(16)13(17)23-4;7-4-2-1-3-5(8)6(4)9/h2-4,9,13,18-19H,16H2,1H3,(H,21,22);1-3,8-9H/t4?,9?,13-;/m1./s1. The third-order valence-corrected chi connectivity index (χ3v) is 6.28. The van der Waals surface area contributed by atoms with Crippen molar-refractivity contribution in [1.29, 1.82) is 0 Å². The zero-order chi connectivity index (χ0) is 23.9. The fraction of sp³-hybridized carbons (Fsp3) is 0.200. The van der Waals surface area contributed by atoms with Gasteiger partial charge in [0.25, 0.3) is 0 Å². The largest absolute Gasteiger partial charge is 0.504 e. The van der Waals surface area contributed by atoms with Crippen LogP contribution in [0.15, 0.2) is 36.0 Å². The zero-order valence-electron chi connectivity index (χ0n) is 16.4. The number of hydrogen-bond acceptors (Lipinski definition) is 8. The van der Waals surface area contributed by atoms with E-state index in [0.29, 0.717) is 0 Å². The highest BCUT2D eigenvalue weighted by atomic mass is 32.2. The molecule has 0 aromatic heterocycles. The third kappa shape index (κ3) is 3.89. The van der Waals surface area contributed by atoms with Crippen LogP contribution in [0.25, 0.3) is 5.57 Å². The van der Waals surface area contributed by atoms with Gasteiger partial charge in [0.05, 0.1) is 0 Å². The number of hydrogen-bond donors (Lipinski definition) is 6. The topological polar surface area (TPSA) is 165 Å². The maximum Gasteiger partial charge on any atom is 0.352 e. The summed E-state index contributed by atoms with van der Waals surface area (Å²) in [5.41, 5.74) is 5.69. The molecule has 1 saturated heterocycles. The van der Waals surface area contributed by atoms with E-state index in [1.807, 2.05) is 0 Å². The second-order valence-corrected chi connectivity index (χ2v) is 8.37. The van der Waals surface area contributed by atoms with Gasteiger partial charge >= 0.3 is 5.97 Å². The van der Waals surface area contributed by atoms with E-state index in [1.54, 1.807) is 6.92 Å². The van der Waals surface area contributed by atoms with Crippen molar-refractivity contribution in [2.45, 2.75) is 23.6 Å². The maximum atomic E-state index is 13.7. The van der Waals surface area contributed by atoms with Crippen molar-refractivity contribution in [2.75, 3.05) is 0 Å². The van der Waals surface area contributed by atoms with E-state index in [1.165, 1.54) is 23.9 Å². The van der Waals surface area contributed by atoms with Gasteiger partial charge < -0.3 is 31.3 Å². The Kier molecular flexibility index (Phi) is 6.19. The van der Waals surface area contributed by atoms with Crippen LogP contribution in [0, 0.1) is 11.6 Å². The molecular weight excluding hydrogens is 450 g/mol. The summed E-state index contributed by atoms with van der Waals surface area (Å²) in [5.74, 6) is -6.51. The Bertz CT molecular complexity index is 1100. The molecule has 170 valence electrons. The molecule has 2 aromatic rings. The molecule has 0 aliphatic carbocycles. The average molecular weight is 468 g/mol. The highest BCUT2D eigenvalue weighted by Gasteiger charge is 2.53. The Morgan fingerprint density at radius 1 is 1.06 bits per heavy atom. The fourth-order valence-corrected chi connectivity index (χ4v) is 4.72. The number of halogens is 2. The molecule has 7 N–H and O–H groups in total. The average Bonchev–Trinajstić information content (AvgIpc) is 2.74. The number of nitrogens with two attached hydrogens (primary N) is 1. The number of phenolic OH excluding ortho intramolecular Hbond substituents is 4. The predicted octanol–water partition coefficient (Wildman–Crippen LogP) is 1.90. The van der Waals surface area contributed by atoms with Crippen molar-refractivity contribution in [3.8, 4) is 23.0 Å². The second-order valence-electron chi connectivity index (χ2n) is 6.90. The number of carboxylic acid groups (broad SMARTS) is 1. The predicted molar refractivity (Wildman–Crippen MR) is 110 cm³/mol. The molecular formula is C20H18F2N2O7S. The van der Waals surface area contributed by atoms with Crippen LogP contribution in [-0.2, 0) is 9.59 Å². The first kappa shape index (κ1) is 23.2. The number of aliphatic carboxylic acids is 1. The Balaban J connectivity index is 0.000000269. The van der Waals surface area contributed by atoms with Crippen molar-refractivity contribution in [3.63, 3.8) is 0 Å². The number of benzene rings is 2. The Hall–Kier alpha value is -3.51. The lowest BCUT2D eigenvalue weighted by Gasteiger charge is -2.49. The van der Waals surface area contributed by atoms with Gasteiger partial charge in [0.15, 0.2) is 34.6 Å². The van der Waals surface area contributed by atoms with Crippen molar-refractivity contribution in [3.05, 3.63) is 53.2 Å². The molecule has 32 heavy (non-hydrogen) atoms. The highest BCUT2D eigenvalue weighted by Crippen LogP contribution is 2.47. The van der Waals surface area contributed by atoms with Crippen LogP contribution in [-0.4, -0.2) is 59.0 Å². The summed E-state index contributed by atoms with van der Waals surface area (Å²) in [6.45, 7) is 1.71. The lowest BCUT2D eigenvalue weighted by Crippen LogP contribution is -2.68. The van der Waals surface area contributed by atoms with Crippen LogP contribution in [0.2, 0.25) is 0 Å². The highest BCUT2D eigenvalue weighted by molar-refractivity contribution is 8.01. The van der Waals surface area contributed by atoms with Gasteiger partial charge in [-0.25, -0.2) is 13.6 Å². The Morgan fingerprint density at radius 3 is 2.22 bits per heavy atom. The van der Waals surface area contributed by atoms with Crippen molar-refractivity contribution in [1.82, 2.24) is 4.90 Å². The van der Waals surface area contributed by atoms with Gasteiger partial charge in [-0.05, 0) is 36.8 Å². The maximum absolute atomic E-state index is 13.7. The van der Waals surface area contributed by atoms with Crippen molar-refractivity contribution < 1.29 is 43.9 Å². The monoisotopic (exact) mass is 468 g/mol. The number of rotatable bonds is 2. The number of para-hydroxylation sites is 1. The summed E-state index contributed by atoms with van der Waals surface area (Å²) in [4.78, 5) is 24.6. The smallest absolute Gasteiger partial charge is 0.352 e. The van der Waals surface area contributed by atoms with E-state index >= 15 is 0 Å². The van der Waals surface area contributed by atoms with Crippen LogP contribution in [0.4, 0.5) is 8.78 Å². The molecule has 12 heteroatoms. The minimum absolute atomic E-state index is 0.0851. The molecule has 0 saturated carbocycles. The normalized spacial score (nSPS) is 21.9. The van der Waals surface area contributed by atoms with E-state index in [9.17, 15) is 33.7 Å². The molecule has 4 rings (SSSR count). The van der Waals surface area contributed by atoms with Gasteiger partial charge in [0.2, 0.25) is 5.91 Å². The quantitative estimate of drug-likeness (QED) is 0.285. The molecule has 2 aliphatic heterocycles. The SMILES string of the molecule is CC1S[C@@H]2C(N)C(=O)N2C(C(=O)O)=C1c1cc(O)c(O)c(F)c1.Oc1cccc(F)c1O. The van der Waals surface area contributed by atoms with Gasteiger partial charge in [0.1, 0.15) is 17.1 Å². The first-order valence-electron chi connectivity index (χ1n) is 9.05. The number of fused-ring (bicyclic) bond motifs is 1. The Morgan fingerprint density at radius 2 is 1.69 bits per heavy atom. The number of phenols is 4. The molecule has 2 unspecified atom stereocenters. The molecule has 2 aliphatic rings. The van der Waals surface area contributed by atoms with Gasteiger partial charge in [-0.3, -0.25) is 9.69 Å². The van der Waals surface area contributed by atoms with Gasteiger partial charge in [-0.2, -0.15) is 0 Å². The molecule has 0 spiro atoms. The van der Waals surface area contributed by atoms with E-state index < -0.39 is 63.2 Å². The summed E-state index contributed by atoms with van der Waals surface area (Å²) < 4.78 is 25.9. The molecule has 1 amide bonds. The third-order valence-electron chi connectivity index (χ3n) is 4.85. The number of amides is 1. The van der Waals surface area contributed by atoms with Crippen LogP contribution >= 0.6 is 11.8 Å². The summed E-state index contributed by atoms with van der Waals surface area (Å²) >= 11 is 1.28. The number of nitrogens with zero attached hydrogens (tertiary/aromatic N) is 1. The van der Waals surface area contributed by atoms with Crippen LogP contribution in [0.1, 0.15) is 12.5 Å². The lowest BCUT2D eigenvalue weighted by molar-refractivity contribution is -0.147. The minimum Gasteiger partial charge on any atom is -0.504 e. The lowest BCUT2D eigenvalue weighted by atomic mass is 9.95. The molecule has 2 heterocycles. The zero-order valence-corrected chi connectivity index (χ0v) is 17.2. The first-order chi connectivity index (χ1) is 15.0. The fourth-order valence-electron chi connectivity index (χ4n) is 3.30. The van der Waals surface area contributed by atoms with Gasteiger partial charge in [-0.1, -0.05) is 6.07 Å². The van der Waals surface area contributed by atoms with E-state index in [4.69, 9.17) is 15.9 Å². The second kappa shape index (κ2) is 8.55. The summed E-state index contributed by atoms with van der Waals surface area (Å²) in [6.07, 6.45) is 0. The minimum atomic E-state index is -1.34. The van der Waals surface area contributed by atoms with Crippen LogP contribution in [0.3, 0.4) is 0 Å². The Labute approximate surface area is 184 Å². The van der Waals surface area contributed by atoms with Gasteiger partial charge in [-0.15, -0.1) is 11.8 Å². The number of aromatic hydroxyl groups is 4.